The lowest BCUT2D eigenvalue weighted by Crippen LogP contribution is -2.11. The van der Waals surface area contributed by atoms with Gasteiger partial charge in [-0.1, -0.05) is 18.2 Å². The summed E-state index contributed by atoms with van der Waals surface area (Å²) in [6, 6.07) is 8.23. The Hall–Kier alpha value is -1.35. The van der Waals surface area contributed by atoms with Crippen LogP contribution in [0.3, 0.4) is 0 Å². The molecule has 1 aromatic carbocycles. The van der Waals surface area contributed by atoms with E-state index in [1.54, 1.807) is 0 Å². The first-order valence-electron chi connectivity index (χ1n) is 5.86. The van der Waals surface area contributed by atoms with Crippen molar-refractivity contribution in [2.24, 2.45) is 4.99 Å². The number of benzene rings is 1. The second-order valence-electron chi connectivity index (χ2n) is 4.71. The SMILES string of the molecule is c1ccc2c(c1)COC2=N[C@@]12CCC[C@@H]1O2. The molecule has 0 spiro atoms. The van der Waals surface area contributed by atoms with E-state index in [2.05, 4.69) is 12.1 Å². The van der Waals surface area contributed by atoms with Gasteiger partial charge in [-0.3, -0.25) is 0 Å². The summed E-state index contributed by atoms with van der Waals surface area (Å²) in [4.78, 5) is 4.69. The van der Waals surface area contributed by atoms with Crippen LogP contribution in [0.5, 0.6) is 0 Å². The Bertz CT molecular complexity index is 483. The van der Waals surface area contributed by atoms with Gasteiger partial charge in [-0.05, 0) is 25.3 Å². The van der Waals surface area contributed by atoms with Gasteiger partial charge < -0.3 is 9.47 Å². The fourth-order valence-electron chi connectivity index (χ4n) is 2.75. The molecule has 0 amide bonds. The third-order valence-corrected chi connectivity index (χ3v) is 3.70. The molecule has 0 bridgehead atoms. The molecular formula is C13H13NO2. The van der Waals surface area contributed by atoms with Gasteiger partial charge in [-0.15, -0.1) is 0 Å². The number of ether oxygens (including phenoxy) is 2. The van der Waals surface area contributed by atoms with Gasteiger partial charge >= 0.3 is 0 Å². The quantitative estimate of drug-likeness (QED) is 0.673. The highest BCUT2D eigenvalue weighted by Gasteiger charge is 2.60. The summed E-state index contributed by atoms with van der Waals surface area (Å²) < 4.78 is 11.3. The minimum atomic E-state index is -0.215. The molecule has 1 aliphatic carbocycles. The van der Waals surface area contributed by atoms with Crippen molar-refractivity contribution in [2.45, 2.75) is 37.7 Å². The zero-order chi connectivity index (χ0) is 10.6. The fraction of sp³-hybridized carbons (Fsp3) is 0.462. The Morgan fingerprint density at radius 3 is 3.06 bits per heavy atom. The van der Waals surface area contributed by atoms with Gasteiger partial charge in [0.2, 0.25) is 5.90 Å². The molecule has 2 heterocycles. The maximum atomic E-state index is 5.65. The molecule has 4 rings (SSSR count). The minimum absolute atomic E-state index is 0.215. The van der Waals surface area contributed by atoms with Crippen LogP contribution in [0.4, 0.5) is 0 Å². The maximum Gasteiger partial charge on any atom is 0.219 e. The number of fused-ring (bicyclic) bond motifs is 2. The van der Waals surface area contributed by atoms with Gasteiger partial charge in [0.05, 0.1) is 0 Å². The summed E-state index contributed by atoms with van der Waals surface area (Å²) in [6.07, 6.45) is 3.78. The van der Waals surface area contributed by atoms with E-state index in [9.17, 15) is 0 Å². The van der Waals surface area contributed by atoms with Crippen molar-refractivity contribution in [2.75, 3.05) is 0 Å². The zero-order valence-electron chi connectivity index (χ0n) is 8.98. The van der Waals surface area contributed by atoms with Crippen molar-refractivity contribution in [3.8, 4) is 0 Å². The molecule has 0 unspecified atom stereocenters. The highest BCUT2D eigenvalue weighted by Crippen LogP contribution is 2.51. The van der Waals surface area contributed by atoms with Gasteiger partial charge in [-0.2, -0.15) is 0 Å². The number of aliphatic imine (C=N–C) groups is 1. The molecule has 0 aromatic heterocycles. The summed E-state index contributed by atoms with van der Waals surface area (Å²) in [6.45, 7) is 0.649. The molecule has 1 aromatic rings. The average molecular weight is 215 g/mol. The largest absolute Gasteiger partial charge is 0.473 e. The van der Waals surface area contributed by atoms with Gasteiger partial charge in [0.15, 0.2) is 5.72 Å². The predicted molar refractivity (Wildman–Crippen MR) is 59.2 cm³/mol. The van der Waals surface area contributed by atoms with Crippen LogP contribution in [0, 0.1) is 0 Å². The highest BCUT2D eigenvalue weighted by atomic mass is 16.6. The van der Waals surface area contributed by atoms with Crippen LogP contribution in [0.1, 0.15) is 30.4 Å². The van der Waals surface area contributed by atoms with E-state index < -0.39 is 0 Å². The highest BCUT2D eigenvalue weighted by molar-refractivity contribution is 5.98. The van der Waals surface area contributed by atoms with Crippen LogP contribution >= 0.6 is 0 Å². The molecule has 1 saturated carbocycles. The van der Waals surface area contributed by atoms with Crippen molar-refractivity contribution in [1.82, 2.24) is 0 Å². The first-order chi connectivity index (χ1) is 7.87. The number of nitrogens with zero attached hydrogens (tertiary/aromatic N) is 1. The normalized spacial score (nSPS) is 37.0. The zero-order valence-corrected chi connectivity index (χ0v) is 8.98. The van der Waals surface area contributed by atoms with E-state index in [1.165, 1.54) is 12.0 Å². The van der Waals surface area contributed by atoms with Crippen LogP contribution < -0.4 is 0 Å². The summed E-state index contributed by atoms with van der Waals surface area (Å²) in [5.41, 5.74) is 2.15. The fourth-order valence-corrected chi connectivity index (χ4v) is 2.75. The van der Waals surface area contributed by atoms with Crippen molar-refractivity contribution in [3.63, 3.8) is 0 Å². The first kappa shape index (κ1) is 8.76. The van der Waals surface area contributed by atoms with Crippen LogP contribution in [0.15, 0.2) is 29.3 Å². The third kappa shape index (κ3) is 1.09. The van der Waals surface area contributed by atoms with E-state index >= 15 is 0 Å². The van der Waals surface area contributed by atoms with E-state index in [0.717, 1.165) is 24.3 Å². The standard InChI is InChI=1S/C13H13NO2/c1-2-5-10-9(4-1)8-15-12(10)14-13-7-3-6-11(13)16-13/h1-2,4-5,11H,3,6-8H2/t11-,13+/m0/s1. The maximum absolute atomic E-state index is 5.65. The van der Waals surface area contributed by atoms with Crippen LogP contribution in [-0.2, 0) is 16.1 Å². The Balaban J connectivity index is 1.73. The number of epoxide rings is 1. The molecule has 3 nitrogen and oxygen atoms in total. The van der Waals surface area contributed by atoms with Crippen molar-refractivity contribution in [3.05, 3.63) is 35.4 Å². The molecule has 82 valence electrons. The third-order valence-electron chi connectivity index (χ3n) is 3.70. The molecule has 0 radical (unpaired) electrons. The van der Waals surface area contributed by atoms with E-state index in [1.807, 2.05) is 12.1 Å². The number of rotatable bonds is 1. The smallest absolute Gasteiger partial charge is 0.219 e. The van der Waals surface area contributed by atoms with Crippen molar-refractivity contribution in [1.29, 1.82) is 0 Å². The number of hydrogen-bond acceptors (Lipinski definition) is 3. The Morgan fingerprint density at radius 1 is 1.31 bits per heavy atom. The van der Waals surface area contributed by atoms with E-state index in [0.29, 0.717) is 12.7 Å². The van der Waals surface area contributed by atoms with E-state index in [4.69, 9.17) is 14.5 Å². The molecular weight excluding hydrogens is 202 g/mol. The lowest BCUT2D eigenvalue weighted by atomic mass is 10.1. The second kappa shape index (κ2) is 2.86. The van der Waals surface area contributed by atoms with Gasteiger partial charge in [0.25, 0.3) is 0 Å². The van der Waals surface area contributed by atoms with Crippen molar-refractivity contribution < 1.29 is 9.47 Å². The molecule has 1 saturated heterocycles. The Labute approximate surface area is 94.1 Å². The molecule has 0 N–H and O–H groups in total. The second-order valence-corrected chi connectivity index (χ2v) is 4.71. The molecule has 2 aliphatic heterocycles. The van der Waals surface area contributed by atoms with Crippen molar-refractivity contribution >= 4 is 5.90 Å². The monoisotopic (exact) mass is 215 g/mol. The summed E-state index contributed by atoms with van der Waals surface area (Å²) in [7, 11) is 0. The van der Waals surface area contributed by atoms with E-state index in [-0.39, 0.29) is 5.72 Å². The molecule has 16 heavy (non-hydrogen) atoms. The lowest BCUT2D eigenvalue weighted by Gasteiger charge is -2.04. The van der Waals surface area contributed by atoms with Crippen LogP contribution in [0.2, 0.25) is 0 Å². The summed E-state index contributed by atoms with van der Waals surface area (Å²) in [5, 5.41) is 0. The molecule has 3 heteroatoms. The molecule has 2 atom stereocenters. The minimum Gasteiger partial charge on any atom is -0.473 e. The Kier molecular flexibility index (Phi) is 1.56. The van der Waals surface area contributed by atoms with Crippen LogP contribution in [-0.4, -0.2) is 17.7 Å². The molecule has 2 fully saturated rings. The van der Waals surface area contributed by atoms with Crippen LogP contribution in [0.25, 0.3) is 0 Å². The Morgan fingerprint density at radius 2 is 2.25 bits per heavy atom. The van der Waals surface area contributed by atoms with Gasteiger partial charge in [-0.25, -0.2) is 4.99 Å². The predicted octanol–water partition coefficient (Wildman–Crippen LogP) is 2.24. The van der Waals surface area contributed by atoms with Gasteiger partial charge in [0, 0.05) is 11.1 Å². The van der Waals surface area contributed by atoms with Gasteiger partial charge in [0.1, 0.15) is 12.7 Å². The summed E-state index contributed by atoms with van der Waals surface area (Å²) in [5.74, 6) is 0.778. The number of hydrogen-bond donors (Lipinski definition) is 0. The topological polar surface area (TPSA) is 34.1 Å². The lowest BCUT2D eigenvalue weighted by molar-refractivity contribution is 0.248. The first-order valence-corrected chi connectivity index (χ1v) is 5.86. The summed E-state index contributed by atoms with van der Waals surface area (Å²) >= 11 is 0. The average Bonchev–Trinajstić information content (AvgIpc) is 2.70. The molecule has 3 aliphatic rings.